The maximum Gasteiger partial charge on any atom is -0.0220 e. The molecule has 0 heteroatoms. The zero-order valence-corrected chi connectivity index (χ0v) is 8.21. The van der Waals surface area contributed by atoms with Crippen LogP contribution in [-0.2, 0) is 0 Å². The van der Waals surface area contributed by atoms with Crippen LogP contribution >= 0.6 is 0 Å². The molecule has 60 valence electrons. The number of hydrogen-bond acceptors (Lipinski definition) is 0. The van der Waals surface area contributed by atoms with Gasteiger partial charge in [-0.1, -0.05) is 41.5 Å². The van der Waals surface area contributed by atoms with E-state index in [1.807, 2.05) is 0 Å². The van der Waals surface area contributed by atoms with Gasteiger partial charge in [-0.2, -0.15) is 0 Å². The van der Waals surface area contributed by atoms with Gasteiger partial charge in [0.1, 0.15) is 0 Å². The Bertz CT molecular complexity index is 148. The Morgan fingerprint density at radius 3 is 1.30 bits per heavy atom. The van der Waals surface area contributed by atoms with Crippen LogP contribution in [0, 0.1) is 16.2 Å². The average Bonchev–Trinajstić information content (AvgIpc) is 2.05. The largest absolute Gasteiger partial charge is 0.0596 e. The second-order valence-corrected chi connectivity index (χ2v) is 5.64. The third kappa shape index (κ3) is 0.810. The van der Waals surface area contributed by atoms with Gasteiger partial charge in [0.25, 0.3) is 0 Å². The predicted octanol–water partition coefficient (Wildman–Crippen LogP) is 3.47. The summed E-state index contributed by atoms with van der Waals surface area (Å²) in [4.78, 5) is 0. The smallest absolute Gasteiger partial charge is 0.0220 e. The highest BCUT2D eigenvalue weighted by atomic mass is 14.7. The van der Waals surface area contributed by atoms with Gasteiger partial charge in [-0.25, -0.2) is 0 Å². The summed E-state index contributed by atoms with van der Waals surface area (Å²) in [5, 5.41) is 0. The molecule has 0 aromatic heterocycles. The Balaban J connectivity index is 2.78. The first-order chi connectivity index (χ1) is 4.21. The molecular formula is C10H20. The van der Waals surface area contributed by atoms with E-state index >= 15 is 0 Å². The Labute approximate surface area is 65.0 Å². The number of hydrogen-bond donors (Lipinski definition) is 0. The van der Waals surface area contributed by atoms with E-state index in [0.29, 0.717) is 16.2 Å². The van der Waals surface area contributed by atoms with Gasteiger partial charge in [-0.3, -0.25) is 0 Å². The van der Waals surface area contributed by atoms with E-state index < -0.39 is 0 Å². The van der Waals surface area contributed by atoms with E-state index in [1.165, 1.54) is 6.42 Å². The second-order valence-electron chi connectivity index (χ2n) is 5.64. The fourth-order valence-corrected chi connectivity index (χ4v) is 2.12. The first-order valence-corrected chi connectivity index (χ1v) is 4.21. The molecule has 1 aliphatic rings. The van der Waals surface area contributed by atoms with E-state index in [0.717, 1.165) is 0 Å². The fraction of sp³-hybridized carbons (Fsp3) is 1.00. The molecule has 1 fully saturated rings. The average molecular weight is 140 g/mol. The molecule has 1 unspecified atom stereocenters. The van der Waals surface area contributed by atoms with Crippen molar-refractivity contribution >= 4 is 0 Å². The van der Waals surface area contributed by atoms with Crippen molar-refractivity contribution in [1.82, 2.24) is 0 Å². The molecule has 0 heterocycles. The van der Waals surface area contributed by atoms with Crippen LogP contribution in [-0.4, -0.2) is 0 Å². The molecule has 1 rings (SSSR count). The molecule has 0 aliphatic heterocycles. The van der Waals surface area contributed by atoms with Gasteiger partial charge in [0.05, 0.1) is 0 Å². The molecule has 1 saturated carbocycles. The molecule has 0 amide bonds. The Morgan fingerprint density at radius 1 is 1.00 bits per heavy atom. The van der Waals surface area contributed by atoms with Gasteiger partial charge in [0.15, 0.2) is 0 Å². The first kappa shape index (κ1) is 8.10. The minimum atomic E-state index is 0.483. The standard InChI is InChI=1S/C10H20/c1-8(2,3)10(6)7-9(10,4)5/h7H2,1-6H3. The molecule has 0 saturated heterocycles. The third-order valence-electron chi connectivity index (χ3n) is 3.82. The van der Waals surface area contributed by atoms with Crippen molar-refractivity contribution in [3.8, 4) is 0 Å². The third-order valence-corrected chi connectivity index (χ3v) is 3.82. The predicted molar refractivity (Wildman–Crippen MR) is 46.0 cm³/mol. The van der Waals surface area contributed by atoms with Crippen LogP contribution in [0.5, 0.6) is 0 Å². The molecule has 1 atom stereocenters. The van der Waals surface area contributed by atoms with Crippen molar-refractivity contribution in [3.05, 3.63) is 0 Å². The monoisotopic (exact) mass is 140 g/mol. The van der Waals surface area contributed by atoms with E-state index in [9.17, 15) is 0 Å². The minimum absolute atomic E-state index is 0.483. The van der Waals surface area contributed by atoms with Crippen LogP contribution in [0.25, 0.3) is 0 Å². The van der Waals surface area contributed by atoms with Gasteiger partial charge < -0.3 is 0 Å². The summed E-state index contributed by atoms with van der Waals surface area (Å²) in [6.07, 6.45) is 1.39. The van der Waals surface area contributed by atoms with Crippen LogP contribution in [0.3, 0.4) is 0 Å². The van der Waals surface area contributed by atoms with Gasteiger partial charge in [-0.15, -0.1) is 0 Å². The molecule has 0 aromatic carbocycles. The van der Waals surface area contributed by atoms with E-state index in [4.69, 9.17) is 0 Å². The van der Waals surface area contributed by atoms with Crippen molar-refractivity contribution in [2.45, 2.75) is 48.0 Å². The minimum Gasteiger partial charge on any atom is -0.0596 e. The summed E-state index contributed by atoms with van der Waals surface area (Å²) in [5.74, 6) is 0. The molecular weight excluding hydrogens is 120 g/mol. The molecule has 0 bridgehead atoms. The van der Waals surface area contributed by atoms with Crippen LogP contribution in [0.15, 0.2) is 0 Å². The highest BCUT2D eigenvalue weighted by Crippen LogP contribution is 2.71. The van der Waals surface area contributed by atoms with Gasteiger partial charge in [0.2, 0.25) is 0 Å². The van der Waals surface area contributed by atoms with Crippen LogP contribution in [0.4, 0.5) is 0 Å². The second kappa shape index (κ2) is 1.60. The highest BCUT2D eigenvalue weighted by molar-refractivity contribution is 5.11. The Kier molecular flexibility index (Phi) is 1.29. The topological polar surface area (TPSA) is 0 Å². The molecule has 0 radical (unpaired) electrons. The van der Waals surface area contributed by atoms with Crippen LogP contribution in [0.1, 0.15) is 48.0 Å². The summed E-state index contributed by atoms with van der Waals surface area (Å²) in [5.41, 5.74) is 1.65. The number of rotatable bonds is 0. The summed E-state index contributed by atoms with van der Waals surface area (Å²) < 4.78 is 0. The van der Waals surface area contributed by atoms with E-state index in [2.05, 4.69) is 41.5 Å². The highest BCUT2D eigenvalue weighted by Gasteiger charge is 2.62. The molecule has 0 N–H and O–H groups in total. The molecule has 0 aromatic rings. The fourth-order valence-electron chi connectivity index (χ4n) is 2.12. The van der Waals surface area contributed by atoms with Gasteiger partial charge in [-0.05, 0) is 22.7 Å². The molecule has 10 heavy (non-hydrogen) atoms. The van der Waals surface area contributed by atoms with Crippen LogP contribution in [0.2, 0.25) is 0 Å². The maximum absolute atomic E-state index is 2.41. The van der Waals surface area contributed by atoms with Crippen LogP contribution < -0.4 is 0 Å². The molecule has 0 spiro atoms. The van der Waals surface area contributed by atoms with Gasteiger partial charge in [0, 0.05) is 0 Å². The molecule has 0 nitrogen and oxygen atoms in total. The van der Waals surface area contributed by atoms with E-state index in [1.54, 1.807) is 0 Å². The van der Waals surface area contributed by atoms with Crippen molar-refractivity contribution in [1.29, 1.82) is 0 Å². The Hall–Kier alpha value is 0. The first-order valence-electron chi connectivity index (χ1n) is 4.21. The van der Waals surface area contributed by atoms with Crippen molar-refractivity contribution in [2.75, 3.05) is 0 Å². The Morgan fingerprint density at radius 2 is 1.30 bits per heavy atom. The quantitative estimate of drug-likeness (QED) is 0.483. The lowest BCUT2D eigenvalue weighted by atomic mass is 9.74. The zero-order valence-electron chi connectivity index (χ0n) is 8.21. The zero-order chi connectivity index (χ0) is 8.21. The van der Waals surface area contributed by atoms with E-state index in [-0.39, 0.29) is 0 Å². The molecule has 1 aliphatic carbocycles. The lowest BCUT2D eigenvalue weighted by Gasteiger charge is -2.30. The maximum atomic E-state index is 2.41. The van der Waals surface area contributed by atoms with Gasteiger partial charge >= 0.3 is 0 Å². The van der Waals surface area contributed by atoms with Crippen molar-refractivity contribution < 1.29 is 0 Å². The normalized spacial score (nSPS) is 37.8. The summed E-state index contributed by atoms with van der Waals surface area (Å²) in [6.45, 7) is 14.2. The summed E-state index contributed by atoms with van der Waals surface area (Å²) in [7, 11) is 0. The van der Waals surface area contributed by atoms with Crippen molar-refractivity contribution in [3.63, 3.8) is 0 Å². The summed E-state index contributed by atoms with van der Waals surface area (Å²) in [6, 6.07) is 0. The lowest BCUT2D eigenvalue weighted by Crippen LogP contribution is -2.23. The van der Waals surface area contributed by atoms with Crippen molar-refractivity contribution in [2.24, 2.45) is 16.2 Å². The summed E-state index contributed by atoms with van der Waals surface area (Å²) >= 11 is 0. The lowest BCUT2D eigenvalue weighted by molar-refractivity contribution is 0.186. The SMILES string of the molecule is CC(C)(C)C1(C)CC1(C)C.